The number of amides is 1. The van der Waals surface area contributed by atoms with Crippen LogP contribution in [0.4, 0.5) is 11.5 Å². The predicted molar refractivity (Wildman–Crippen MR) is 86.3 cm³/mol. The van der Waals surface area contributed by atoms with Gasteiger partial charge in [-0.2, -0.15) is 0 Å². The molecular formula is C17H18N4O. The van der Waals surface area contributed by atoms with Crippen molar-refractivity contribution in [2.75, 3.05) is 18.0 Å². The van der Waals surface area contributed by atoms with E-state index in [4.69, 9.17) is 0 Å². The number of nitrogens with one attached hydrogen (secondary N) is 1. The summed E-state index contributed by atoms with van der Waals surface area (Å²) < 4.78 is 0. The molecule has 22 heavy (non-hydrogen) atoms. The largest absolute Gasteiger partial charge is 0.347 e. The molecule has 1 N–H and O–H groups in total. The molecule has 1 aromatic heterocycles. The van der Waals surface area contributed by atoms with Crippen LogP contribution in [0.2, 0.25) is 0 Å². The van der Waals surface area contributed by atoms with E-state index in [0.29, 0.717) is 12.2 Å². The van der Waals surface area contributed by atoms with E-state index in [1.54, 1.807) is 12.1 Å². The Morgan fingerprint density at radius 3 is 3.09 bits per heavy atom. The van der Waals surface area contributed by atoms with Crippen LogP contribution in [0.3, 0.4) is 0 Å². The van der Waals surface area contributed by atoms with E-state index >= 15 is 0 Å². The molecule has 1 aliphatic rings. The minimum atomic E-state index is -0.214. The Morgan fingerprint density at radius 2 is 2.23 bits per heavy atom. The minimum absolute atomic E-state index is 0.214. The van der Waals surface area contributed by atoms with E-state index in [-0.39, 0.29) is 5.91 Å². The van der Waals surface area contributed by atoms with Crippen molar-refractivity contribution in [1.82, 2.24) is 15.3 Å². The van der Waals surface area contributed by atoms with Gasteiger partial charge >= 0.3 is 0 Å². The third-order valence-electron chi connectivity index (χ3n) is 3.68. The fraction of sp³-hybridized carbons (Fsp3) is 0.235. The number of fused-ring (bicyclic) bond motifs is 1. The summed E-state index contributed by atoms with van der Waals surface area (Å²) in [5, 5.41) is 2.73. The molecule has 2 aromatic rings. The number of carbonyl (C=O) groups is 1. The molecule has 0 spiro atoms. The molecule has 0 radical (unpaired) electrons. The Labute approximate surface area is 129 Å². The van der Waals surface area contributed by atoms with Crippen LogP contribution in [0.5, 0.6) is 0 Å². The number of para-hydroxylation sites is 1. The maximum atomic E-state index is 12.0. The van der Waals surface area contributed by atoms with Gasteiger partial charge in [0.2, 0.25) is 0 Å². The van der Waals surface area contributed by atoms with Gasteiger partial charge < -0.3 is 10.2 Å². The SMILES string of the molecule is C=CCNC(=O)c1cc(N2CCCc3ccccc32)ncn1. The molecule has 0 saturated carbocycles. The summed E-state index contributed by atoms with van der Waals surface area (Å²) in [6.45, 7) is 4.90. The van der Waals surface area contributed by atoms with E-state index < -0.39 is 0 Å². The second kappa shape index (κ2) is 6.39. The van der Waals surface area contributed by atoms with Gasteiger partial charge in [0.05, 0.1) is 0 Å². The second-order valence-electron chi connectivity index (χ2n) is 5.14. The third kappa shape index (κ3) is 2.83. The van der Waals surface area contributed by atoms with E-state index in [1.807, 2.05) is 6.07 Å². The molecule has 5 nitrogen and oxygen atoms in total. The smallest absolute Gasteiger partial charge is 0.270 e. The van der Waals surface area contributed by atoms with E-state index in [9.17, 15) is 4.79 Å². The van der Waals surface area contributed by atoms with Gasteiger partial charge in [-0.05, 0) is 24.5 Å². The van der Waals surface area contributed by atoms with Crippen molar-refractivity contribution >= 4 is 17.4 Å². The first-order valence-corrected chi connectivity index (χ1v) is 7.36. The number of nitrogens with zero attached hydrogens (tertiary/aromatic N) is 3. The number of anilines is 2. The monoisotopic (exact) mass is 294 g/mol. The molecule has 0 unspecified atom stereocenters. The lowest BCUT2D eigenvalue weighted by molar-refractivity contribution is 0.0953. The van der Waals surface area contributed by atoms with Crippen LogP contribution in [0.25, 0.3) is 0 Å². The molecule has 112 valence electrons. The summed E-state index contributed by atoms with van der Waals surface area (Å²) >= 11 is 0. The highest BCUT2D eigenvalue weighted by molar-refractivity contribution is 5.93. The normalized spacial score (nSPS) is 13.4. The number of aromatic nitrogens is 2. The van der Waals surface area contributed by atoms with Crippen molar-refractivity contribution in [2.45, 2.75) is 12.8 Å². The van der Waals surface area contributed by atoms with Crippen molar-refractivity contribution < 1.29 is 4.79 Å². The van der Waals surface area contributed by atoms with Crippen molar-refractivity contribution in [3.63, 3.8) is 0 Å². The summed E-state index contributed by atoms with van der Waals surface area (Å²) in [7, 11) is 0. The summed E-state index contributed by atoms with van der Waals surface area (Å²) in [5.41, 5.74) is 2.84. The molecule has 3 rings (SSSR count). The van der Waals surface area contributed by atoms with Crippen LogP contribution >= 0.6 is 0 Å². The van der Waals surface area contributed by atoms with Gasteiger partial charge in [0.1, 0.15) is 17.8 Å². The molecule has 2 heterocycles. The van der Waals surface area contributed by atoms with Crippen molar-refractivity contribution in [3.05, 3.63) is 60.6 Å². The molecule has 1 aromatic carbocycles. The van der Waals surface area contributed by atoms with Crippen LogP contribution in [0.1, 0.15) is 22.5 Å². The van der Waals surface area contributed by atoms with Crippen molar-refractivity contribution in [3.8, 4) is 0 Å². The fourth-order valence-corrected chi connectivity index (χ4v) is 2.65. The van der Waals surface area contributed by atoms with Gasteiger partial charge in [0.25, 0.3) is 5.91 Å². The summed E-state index contributed by atoms with van der Waals surface area (Å²) in [4.78, 5) is 22.6. The van der Waals surface area contributed by atoms with E-state index in [0.717, 1.165) is 30.9 Å². The third-order valence-corrected chi connectivity index (χ3v) is 3.68. The first-order chi connectivity index (χ1) is 10.8. The van der Waals surface area contributed by atoms with E-state index in [1.165, 1.54) is 11.9 Å². The Morgan fingerprint density at radius 1 is 1.36 bits per heavy atom. The van der Waals surface area contributed by atoms with Crippen LogP contribution in [-0.4, -0.2) is 29.0 Å². The van der Waals surface area contributed by atoms with Gasteiger partial charge in [-0.1, -0.05) is 24.3 Å². The number of benzene rings is 1. The zero-order chi connectivity index (χ0) is 15.4. The van der Waals surface area contributed by atoms with Gasteiger partial charge in [0, 0.05) is 24.8 Å². The first kappa shape index (κ1) is 14.3. The molecule has 1 amide bonds. The predicted octanol–water partition coefficient (Wildman–Crippen LogP) is 2.48. The average Bonchev–Trinajstić information content (AvgIpc) is 2.59. The van der Waals surface area contributed by atoms with Gasteiger partial charge in [0.15, 0.2) is 0 Å². The highest BCUT2D eigenvalue weighted by Gasteiger charge is 2.19. The number of rotatable bonds is 4. The Balaban J connectivity index is 1.90. The maximum Gasteiger partial charge on any atom is 0.270 e. The molecule has 0 atom stereocenters. The molecule has 0 fully saturated rings. The molecular weight excluding hydrogens is 276 g/mol. The zero-order valence-corrected chi connectivity index (χ0v) is 12.3. The molecule has 0 saturated heterocycles. The Hall–Kier alpha value is -2.69. The topological polar surface area (TPSA) is 58.1 Å². The fourth-order valence-electron chi connectivity index (χ4n) is 2.65. The first-order valence-electron chi connectivity index (χ1n) is 7.36. The lowest BCUT2D eigenvalue weighted by Crippen LogP contribution is -2.27. The summed E-state index contributed by atoms with van der Waals surface area (Å²) in [5.74, 6) is 0.541. The highest BCUT2D eigenvalue weighted by Crippen LogP contribution is 2.31. The Kier molecular flexibility index (Phi) is 4.14. The number of carbonyl (C=O) groups excluding carboxylic acids is 1. The van der Waals surface area contributed by atoms with Crippen LogP contribution in [0.15, 0.2) is 49.3 Å². The maximum absolute atomic E-state index is 12.0. The molecule has 1 aliphatic heterocycles. The molecule has 5 heteroatoms. The molecule has 0 aliphatic carbocycles. The van der Waals surface area contributed by atoms with Gasteiger partial charge in [-0.15, -0.1) is 6.58 Å². The van der Waals surface area contributed by atoms with Crippen LogP contribution in [0, 0.1) is 0 Å². The van der Waals surface area contributed by atoms with Crippen LogP contribution in [-0.2, 0) is 6.42 Å². The molecule has 0 bridgehead atoms. The average molecular weight is 294 g/mol. The summed E-state index contributed by atoms with van der Waals surface area (Å²) in [6.07, 6.45) is 5.22. The Bertz CT molecular complexity index is 699. The van der Waals surface area contributed by atoms with Gasteiger partial charge in [-0.3, -0.25) is 4.79 Å². The van der Waals surface area contributed by atoms with Gasteiger partial charge in [-0.25, -0.2) is 9.97 Å². The van der Waals surface area contributed by atoms with Crippen LogP contribution < -0.4 is 10.2 Å². The van der Waals surface area contributed by atoms with E-state index in [2.05, 4.69) is 45.0 Å². The second-order valence-corrected chi connectivity index (χ2v) is 5.14. The zero-order valence-electron chi connectivity index (χ0n) is 12.3. The summed E-state index contributed by atoms with van der Waals surface area (Å²) in [6, 6.07) is 10.0. The minimum Gasteiger partial charge on any atom is -0.347 e. The quantitative estimate of drug-likeness (QED) is 0.880. The van der Waals surface area contributed by atoms with Crippen molar-refractivity contribution in [1.29, 1.82) is 0 Å². The number of hydrogen-bond donors (Lipinski definition) is 1. The standard InChI is InChI=1S/C17H18N4O/c1-2-9-18-17(22)14-11-16(20-12-19-14)21-10-5-7-13-6-3-4-8-15(13)21/h2-4,6,8,11-12H,1,5,7,9-10H2,(H,18,22). The highest BCUT2D eigenvalue weighted by atomic mass is 16.1. The lowest BCUT2D eigenvalue weighted by Gasteiger charge is -2.30. The number of hydrogen-bond acceptors (Lipinski definition) is 4. The lowest BCUT2D eigenvalue weighted by atomic mass is 10.0. The van der Waals surface area contributed by atoms with Crippen molar-refractivity contribution in [2.24, 2.45) is 0 Å². The number of aryl methyl sites for hydroxylation is 1.